The fourth-order valence-corrected chi connectivity index (χ4v) is 2.91. The van der Waals surface area contributed by atoms with Crippen LogP contribution in [-0.4, -0.2) is 66.3 Å². The first-order chi connectivity index (χ1) is 12.4. The highest BCUT2D eigenvalue weighted by Gasteiger charge is 2.18. The lowest BCUT2D eigenvalue weighted by atomic mass is 9.80. The molecule has 1 heterocycles. The summed E-state index contributed by atoms with van der Waals surface area (Å²) in [6.45, 7) is 3.46. The quantitative estimate of drug-likeness (QED) is 0.458. The molecule has 26 heavy (non-hydrogen) atoms. The Labute approximate surface area is 152 Å². The van der Waals surface area contributed by atoms with Gasteiger partial charge in [0.25, 0.3) is 5.91 Å². The number of phenols is 1. The van der Waals surface area contributed by atoms with Crippen LogP contribution in [0.4, 0.5) is 11.4 Å². The topological polar surface area (TPSA) is 96.3 Å². The zero-order chi connectivity index (χ0) is 18.7. The van der Waals surface area contributed by atoms with E-state index in [1.165, 1.54) is 24.3 Å². The first-order valence-electron chi connectivity index (χ1n) is 8.48. The zero-order valence-corrected chi connectivity index (χ0v) is 14.6. The summed E-state index contributed by atoms with van der Waals surface area (Å²) >= 11 is 0. The van der Waals surface area contributed by atoms with Gasteiger partial charge in [-0.2, -0.15) is 0 Å². The van der Waals surface area contributed by atoms with E-state index in [1.807, 2.05) is 0 Å². The first kappa shape index (κ1) is 18.3. The summed E-state index contributed by atoms with van der Waals surface area (Å²) in [5.41, 5.74) is 2.02. The molecule has 1 saturated heterocycles. The van der Waals surface area contributed by atoms with Crippen molar-refractivity contribution in [3.63, 3.8) is 0 Å². The molecule has 4 N–H and O–H groups in total. The smallest absolute Gasteiger partial charge is 0.488 e. The molecule has 2 aromatic carbocycles. The predicted octanol–water partition coefficient (Wildman–Crippen LogP) is 0.0761. The van der Waals surface area contributed by atoms with Crippen molar-refractivity contribution in [2.75, 3.05) is 43.4 Å². The summed E-state index contributed by atoms with van der Waals surface area (Å²) in [5, 5.41) is 31.2. The van der Waals surface area contributed by atoms with E-state index in [1.54, 1.807) is 18.2 Å². The third-order valence-electron chi connectivity index (χ3n) is 4.55. The lowest BCUT2D eigenvalue weighted by molar-refractivity contribution is 0.102. The minimum atomic E-state index is -1.56. The van der Waals surface area contributed by atoms with Crippen molar-refractivity contribution < 1.29 is 19.9 Å². The number of hydrogen-bond acceptors (Lipinski definition) is 6. The van der Waals surface area contributed by atoms with Crippen LogP contribution >= 0.6 is 0 Å². The molecule has 0 unspecified atom stereocenters. The molecule has 0 saturated carbocycles. The highest BCUT2D eigenvalue weighted by molar-refractivity contribution is 6.58. The van der Waals surface area contributed by atoms with Gasteiger partial charge in [0.15, 0.2) is 0 Å². The van der Waals surface area contributed by atoms with Gasteiger partial charge >= 0.3 is 7.12 Å². The molecule has 0 spiro atoms. The molecule has 2 aromatic rings. The standard InChI is InChI=1S/C18H22BN3O4/c1-21-8-10-22(11-9-21)16-12-15(6-7-17(16)23)20-18(24)13-2-4-14(5-3-13)19(25)26/h2-7,12,23,25-26H,8-11H2,1H3,(H,20,24). The minimum absolute atomic E-state index is 0.189. The van der Waals surface area contributed by atoms with E-state index in [0.717, 1.165) is 26.2 Å². The SMILES string of the molecule is CN1CCN(c2cc(NC(=O)c3ccc(B(O)O)cc3)ccc2O)CC1. The van der Waals surface area contributed by atoms with Gasteiger partial charge in [-0.25, -0.2) is 0 Å². The highest BCUT2D eigenvalue weighted by Crippen LogP contribution is 2.31. The van der Waals surface area contributed by atoms with Gasteiger partial charge in [-0.05, 0) is 42.8 Å². The molecule has 0 atom stereocenters. The van der Waals surface area contributed by atoms with Gasteiger partial charge in [0.05, 0.1) is 5.69 Å². The van der Waals surface area contributed by atoms with Crippen molar-refractivity contribution >= 4 is 29.9 Å². The third kappa shape index (κ3) is 4.16. The maximum Gasteiger partial charge on any atom is 0.488 e. The minimum Gasteiger partial charge on any atom is -0.506 e. The van der Waals surface area contributed by atoms with Crippen LogP contribution in [0.5, 0.6) is 5.75 Å². The molecule has 136 valence electrons. The fraction of sp³-hybridized carbons (Fsp3) is 0.278. The molecule has 1 aliphatic rings. The monoisotopic (exact) mass is 355 g/mol. The predicted molar refractivity (Wildman–Crippen MR) is 102 cm³/mol. The largest absolute Gasteiger partial charge is 0.506 e. The Morgan fingerprint density at radius 3 is 2.31 bits per heavy atom. The number of anilines is 2. The van der Waals surface area contributed by atoms with Gasteiger partial charge < -0.3 is 30.3 Å². The van der Waals surface area contributed by atoms with E-state index in [2.05, 4.69) is 22.2 Å². The van der Waals surface area contributed by atoms with Crippen molar-refractivity contribution in [2.24, 2.45) is 0 Å². The lowest BCUT2D eigenvalue weighted by Gasteiger charge is -2.34. The molecule has 0 aliphatic carbocycles. The molecular weight excluding hydrogens is 333 g/mol. The Hall–Kier alpha value is -2.55. The van der Waals surface area contributed by atoms with Crippen LogP contribution in [0.3, 0.4) is 0 Å². The Morgan fingerprint density at radius 2 is 1.69 bits per heavy atom. The maximum atomic E-state index is 12.4. The average molecular weight is 355 g/mol. The van der Waals surface area contributed by atoms with Crippen molar-refractivity contribution in [3.8, 4) is 5.75 Å². The maximum absolute atomic E-state index is 12.4. The number of rotatable bonds is 4. The number of carbonyl (C=O) groups excluding carboxylic acids is 1. The van der Waals surface area contributed by atoms with Crippen LogP contribution in [0.2, 0.25) is 0 Å². The molecule has 0 aromatic heterocycles. The number of phenolic OH excluding ortho intramolecular Hbond substituents is 1. The van der Waals surface area contributed by atoms with Gasteiger partial charge in [0.1, 0.15) is 5.75 Å². The highest BCUT2D eigenvalue weighted by atomic mass is 16.4. The summed E-state index contributed by atoms with van der Waals surface area (Å²) in [5.74, 6) is -0.118. The summed E-state index contributed by atoms with van der Waals surface area (Å²) in [4.78, 5) is 16.7. The number of nitrogens with zero attached hydrogens (tertiary/aromatic N) is 2. The Bertz CT molecular complexity index is 775. The zero-order valence-electron chi connectivity index (χ0n) is 14.6. The van der Waals surface area contributed by atoms with Crippen LogP contribution in [0, 0.1) is 0 Å². The molecule has 7 nitrogen and oxygen atoms in total. The van der Waals surface area contributed by atoms with Gasteiger partial charge in [-0.15, -0.1) is 0 Å². The Balaban J connectivity index is 1.73. The number of nitrogens with one attached hydrogen (secondary N) is 1. The molecule has 1 amide bonds. The first-order valence-corrected chi connectivity index (χ1v) is 8.48. The summed E-state index contributed by atoms with van der Waals surface area (Å²) in [6.07, 6.45) is 0. The number of benzene rings is 2. The molecule has 1 fully saturated rings. The molecule has 8 heteroatoms. The summed E-state index contributed by atoms with van der Waals surface area (Å²) < 4.78 is 0. The van der Waals surface area contributed by atoms with E-state index in [0.29, 0.717) is 22.4 Å². The van der Waals surface area contributed by atoms with Gasteiger partial charge in [-0.3, -0.25) is 4.79 Å². The van der Waals surface area contributed by atoms with Gasteiger partial charge in [0.2, 0.25) is 0 Å². The lowest BCUT2D eigenvalue weighted by Crippen LogP contribution is -2.44. The second kappa shape index (κ2) is 7.78. The van der Waals surface area contributed by atoms with Crippen molar-refractivity contribution in [1.29, 1.82) is 0 Å². The van der Waals surface area contributed by atoms with Gasteiger partial charge in [-0.1, -0.05) is 12.1 Å². The average Bonchev–Trinajstić information content (AvgIpc) is 2.64. The molecule has 3 rings (SSSR count). The fourth-order valence-electron chi connectivity index (χ4n) is 2.91. The normalized spacial score (nSPS) is 15.0. The van der Waals surface area contributed by atoms with E-state index in [4.69, 9.17) is 10.0 Å². The van der Waals surface area contributed by atoms with E-state index < -0.39 is 7.12 Å². The van der Waals surface area contributed by atoms with Crippen LogP contribution in [0.25, 0.3) is 0 Å². The van der Waals surface area contributed by atoms with Crippen molar-refractivity contribution in [1.82, 2.24) is 4.90 Å². The second-order valence-corrected chi connectivity index (χ2v) is 6.44. The molecule has 0 radical (unpaired) electrons. The van der Waals surface area contributed by atoms with Gasteiger partial charge in [0, 0.05) is 37.4 Å². The van der Waals surface area contributed by atoms with Crippen molar-refractivity contribution in [3.05, 3.63) is 48.0 Å². The van der Waals surface area contributed by atoms with E-state index in [-0.39, 0.29) is 11.7 Å². The summed E-state index contributed by atoms with van der Waals surface area (Å²) in [6, 6.07) is 11.0. The molecular formula is C18H22BN3O4. The number of aromatic hydroxyl groups is 1. The number of piperazine rings is 1. The third-order valence-corrected chi connectivity index (χ3v) is 4.55. The number of hydrogen-bond donors (Lipinski definition) is 4. The number of likely N-dealkylation sites (N-methyl/N-ethyl adjacent to an activating group) is 1. The van der Waals surface area contributed by atoms with Crippen LogP contribution in [-0.2, 0) is 0 Å². The molecule has 1 aliphatic heterocycles. The van der Waals surface area contributed by atoms with E-state index in [9.17, 15) is 9.90 Å². The van der Waals surface area contributed by atoms with Crippen LogP contribution in [0.1, 0.15) is 10.4 Å². The number of carbonyl (C=O) groups is 1. The number of amides is 1. The Morgan fingerprint density at radius 1 is 1.04 bits per heavy atom. The molecule has 0 bridgehead atoms. The summed E-state index contributed by atoms with van der Waals surface area (Å²) in [7, 11) is 0.505. The second-order valence-electron chi connectivity index (χ2n) is 6.44. The Kier molecular flexibility index (Phi) is 5.46. The van der Waals surface area contributed by atoms with Crippen molar-refractivity contribution in [2.45, 2.75) is 0 Å². The van der Waals surface area contributed by atoms with Crippen LogP contribution in [0.15, 0.2) is 42.5 Å². The van der Waals surface area contributed by atoms with Crippen LogP contribution < -0.4 is 15.7 Å². The van der Waals surface area contributed by atoms with E-state index >= 15 is 0 Å².